The van der Waals surface area contributed by atoms with Gasteiger partial charge < -0.3 is 4.90 Å². The summed E-state index contributed by atoms with van der Waals surface area (Å²) in [7, 11) is 0. The molecule has 0 saturated carbocycles. The maximum absolute atomic E-state index is 2.41. The van der Waals surface area contributed by atoms with E-state index in [0.29, 0.717) is 0 Å². The average Bonchev–Trinajstić information content (AvgIpc) is 3.13. The van der Waals surface area contributed by atoms with Crippen molar-refractivity contribution in [1.82, 2.24) is 0 Å². The number of anilines is 3. The van der Waals surface area contributed by atoms with E-state index >= 15 is 0 Å². The fourth-order valence-corrected chi connectivity index (χ4v) is 6.68. The van der Waals surface area contributed by atoms with E-state index in [1.165, 1.54) is 54.9 Å². The van der Waals surface area contributed by atoms with E-state index < -0.39 is 0 Å². The molecule has 0 heterocycles. The van der Waals surface area contributed by atoms with Gasteiger partial charge in [0.1, 0.15) is 0 Å². The zero-order chi connectivity index (χ0) is 30.0. The van der Waals surface area contributed by atoms with Gasteiger partial charge in [-0.25, -0.2) is 0 Å². The number of rotatable bonds is 6. The summed E-state index contributed by atoms with van der Waals surface area (Å²) in [4.78, 5) is 2.41. The van der Waals surface area contributed by atoms with E-state index in [1.54, 1.807) is 0 Å². The van der Waals surface area contributed by atoms with Crippen LogP contribution in [0.5, 0.6) is 0 Å². The van der Waals surface area contributed by atoms with Gasteiger partial charge in [0.2, 0.25) is 0 Å². The Balaban J connectivity index is 1.49. The van der Waals surface area contributed by atoms with Crippen molar-refractivity contribution < 1.29 is 0 Å². The predicted octanol–water partition coefficient (Wildman–Crippen LogP) is 12.5. The summed E-state index contributed by atoms with van der Waals surface area (Å²) in [6, 6.07) is 67.6. The summed E-state index contributed by atoms with van der Waals surface area (Å²) in [5.41, 5.74) is 10.7. The lowest BCUT2D eigenvalue weighted by Gasteiger charge is -2.29. The Bertz CT molecular complexity index is 2240. The highest BCUT2D eigenvalue weighted by atomic mass is 15.1. The third-order valence-corrected chi connectivity index (χ3v) is 8.62. The van der Waals surface area contributed by atoms with Crippen LogP contribution in [-0.2, 0) is 0 Å². The summed E-state index contributed by atoms with van der Waals surface area (Å²) in [5.74, 6) is 0. The Hall–Kier alpha value is -5.92. The first-order valence-electron chi connectivity index (χ1n) is 15.5. The first-order chi connectivity index (χ1) is 22.4. The monoisotopic (exact) mass is 573 g/mol. The van der Waals surface area contributed by atoms with Crippen molar-refractivity contribution in [2.24, 2.45) is 0 Å². The zero-order valence-electron chi connectivity index (χ0n) is 24.8. The van der Waals surface area contributed by atoms with Crippen molar-refractivity contribution in [3.63, 3.8) is 0 Å². The number of nitrogens with zero attached hydrogens (tertiary/aromatic N) is 1. The number of benzene rings is 8. The molecule has 8 rings (SSSR count). The Morgan fingerprint density at radius 1 is 0.289 bits per heavy atom. The van der Waals surface area contributed by atoms with Gasteiger partial charge in [0.15, 0.2) is 0 Å². The summed E-state index contributed by atoms with van der Waals surface area (Å²) >= 11 is 0. The second-order valence-corrected chi connectivity index (χ2v) is 11.3. The zero-order valence-corrected chi connectivity index (χ0v) is 24.8. The van der Waals surface area contributed by atoms with Crippen LogP contribution in [0.15, 0.2) is 188 Å². The van der Waals surface area contributed by atoms with Crippen molar-refractivity contribution >= 4 is 38.6 Å². The van der Waals surface area contributed by atoms with Gasteiger partial charge >= 0.3 is 0 Å². The fourth-order valence-electron chi connectivity index (χ4n) is 6.68. The molecule has 0 amide bonds. The number of fused-ring (bicyclic) bond motifs is 3. The van der Waals surface area contributed by atoms with E-state index in [2.05, 4.69) is 193 Å². The maximum Gasteiger partial charge on any atom is 0.0546 e. The SMILES string of the molecule is c1ccc(-c2cccc(N(c3ccccc3)c3cccc4c(-c5ccccc5)c(-c5ccccc5)c5ccccc5c34)c2)cc1. The predicted molar refractivity (Wildman–Crippen MR) is 192 cm³/mol. The molecule has 0 aliphatic rings. The minimum atomic E-state index is 1.12. The molecular formula is C44H31N. The first-order valence-corrected chi connectivity index (χ1v) is 15.5. The van der Waals surface area contributed by atoms with Crippen LogP contribution in [0.1, 0.15) is 0 Å². The molecule has 0 fully saturated rings. The first kappa shape index (κ1) is 26.7. The standard InChI is InChI=1S/C44H31N/c1-5-17-32(18-6-1)35-23-15-26-37(31-35)45(36-24-11-4-12-25-36)41-30-16-29-40-43(34-21-9-3-10-22-34)42(33-19-7-2-8-20-33)38-27-13-14-28-39(38)44(40)41/h1-31H. The minimum Gasteiger partial charge on any atom is -0.310 e. The summed E-state index contributed by atoms with van der Waals surface area (Å²) < 4.78 is 0. The summed E-state index contributed by atoms with van der Waals surface area (Å²) in [5, 5.41) is 4.95. The van der Waals surface area contributed by atoms with E-state index in [-0.39, 0.29) is 0 Å². The minimum absolute atomic E-state index is 1.12. The Kier molecular flexibility index (Phi) is 6.90. The van der Waals surface area contributed by atoms with E-state index in [9.17, 15) is 0 Å². The molecule has 1 heteroatoms. The lowest BCUT2D eigenvalue weighted by molar-refractivity contribution is 1.30. The fraction of sp³-hybridized carbons (Fsp3) is 0. The van der Waals surface area contributed by atoms with E-state index in [1.807, 2.05) is 0 Å². The molecule has 8 aromatic carbocycles. The van der Waals surface area contributed by atoms with E-state index in [0.717, 1.165) is 17.1 Å². The molecule has 45 heavy (non-hydrogen) atoms. The molecule has 8 aromatic rings. The quantitative estimate of drug-likeness (QED) is 0.179. The van der Waals surface area contributed by atoms with Crippen molar-refractivity contribution in [3.8, 4) is 33.4 Å². The highest BCUT2D eigenvalue weighted by molar-refractivity contribution is 6.25. The van der Waals surface area contributed by atoms with Gasteiger partial charge in [0.25, 0.3) is 0 Å². The van der Waals surface area contributed by atoms with E-state index in [4.69, 9.17) is 0 Å². The molecule has 0 radical (unpaired) electrons. The van der Waals surface area contributed by atoms with Crippen LogP contribution < -0.4 is 4.90 Å². The average molecular weight is 574 g/mol. The van der Waals surface area contributed by atoms with Crippen molar-refractivity contribution in [1.29, 1.82) is 0 Å². The normalized spacial score (nSPS) is 11.1. The number of hydrogen-bond acceptors (Lipinski definition) is 1. The van der Waals surface area contributed by atoms with Crippen LogP contribution in [-0.4, -0.2) is 0 Å². The Labute approximate surface area is 264 Å². The Morgan fingerprint density at radius 2 is 0.733 bits per heavy atom. The van der Waals surface area contributed by atoms with Crippen molar-refractivity contribution in [3.05, 3.63) is 188 Å². The van der Waals surface area contributed by atoms with Crippen molar-refractivity contribution in [2.75, 3.05) is 4.90 Å². The molecule has 0 N–H and O–H groups in total. The summed E-state index contributed by atoms with van der Waals surface area (Å²) in [6.45, 7) is 0. The molecule has 0 bridgehead atoms. The molecule has 1 nitrogen and oxygen atoms in total. The van der Waals surface area contributed by atoms with Gasteiger partial charge in [0.05, 0.1) is 5.69 Å². The number of para-hydroxylation sites is 1. The molecular weight excluding hydrogens is 542 g/mol. The van der Waals surface area contributed by atoms with Crippen LogP contribution in [0, 0.1) is 0 Å². The molecule has 0 saturated heterocycles. The van der Waals surface area contributed by atoms with Gasteiger partial charge in [-0.15, -0.1) is 0 Å². The highest BCUT2D eigenvalue weighted by Crippen LogP contribution is 2.49. The largest absolute Gasteiger partial charge is 0.310 e. The topological polar surface area (TPSA) is 3.24 Å². The molecule has 0 atom stereocenters. The van der Waals surface area contributed by atoms with Crippen LogP contribution >= 0.6 is 0 Å². The van der Waals surface area contributed by atoms with Gasteiger partial charge in [-0.3, -0.25) is 0 Å². The molecule has 212 valence electrons. The molecule has 0 aliphatic carbocycles. The number of hydrogen-bond donors (Lipinski definition) is 0. The highest BCUT2D eigenvalue weighted by Gasteiger charge is 2.22. The molecule has 0 unspecified atom stereocenters. The van der Waals surface area contributed by atoms with Crippen LogP contribution in [0.25, 0.3) is 54.9 Å². The van der Waals surface area contributed by atoms with Gasteiger partial charge in [-0.1, -0.05) is 158 Å². The third kappa shape index (κ3) is 4.85. The van der Waals surface area contributed by atoms with Crippen LogP contribution in [0.4, 0.5) is 17.1 Å². The molecule has 0 spiro atoms. The summed E-state index contributed by atoms with van der Waals surface area (Å²) in [6.07, 6.45) is 0. The molecule has 0 aromatic heterocycles. The Morgan fingerprint density at radius 3 is 1.38 bits per heavy atom. The second kappa shape index (κ2) is 11.6. The third-order valence-electron chi connectivity index (χ3n) is 8.62. The van der Waals surface area contributed by atoms with Gasteiger partial charge in [0, 0.05) is 16.8 Å². The smallest absolute Gasteiger partial charge is 0.0546 e. The van der Waals surface area contributed by atoms with Crippen molar-refractivity contribution in [2.45, 2.75) is 0 Å². The molecule has 0 aliphatic heterocycles. The van der Waals surface area contributed by atoms with Crippen LogP contribution in [0.2, 0.25) is 0 Å². The van der Waals surface area contributed by atoms with Gasteiger partial charge in [-0.2, -0.15) is 0 Å². The maximum atomic E-state index is 2.41. The second-order valence-electron chi connectivity index (χ2n) is 11.3. The van der Waals surface area contributed by atoms with Crippen LogP contribution in [0.3, 0.4) is 0 Å². The lowest BCUT2D eigenvalue weighted by atomic mass is 9.84. The lowest BCUT2D eigenvalue weighted by Crippen LogP contribution is -2.11. The van der Waals surface area contributed by atoms with Gasteiger partial charge in [-0.05, 0) is 79.9 Å².